The van der Waals surface area contributed by atoms with Crippen LogP contribution in [0.4, 0.5) is 46.3 Å². The van der Waals surface area contributed by atoms with Crippen molar-refractivity contribution in [2.24, 2.45) is 0 Å². The maximum Gasteiger partial charge on any atom is 0.353 e. The number of nitrogens with zero attached hydrogens (tertiary/aromatic N) is 3. The summed E-state index contributed by atoms with van der Waals surface area (Å²) >= 11 is 0. The Balaban J connectivity index is 2.00. The van der Waals surface area contributed by atoms with Crippen LogP contribution in [-0.2, 0) is 0 Å². The van der Waals surface area contributed by atoms with E-state index in [1.54, 1.807) is 0 Å². The summed E-state index contributed by atoms with van der Waals surface area (Å²) in [7, 11) is 0. The van der Waals surface area contributed by atoms with Gasteiger partial charge in [-0.2, -0.15) is 0 Å². The van der Waals surface area contributed by atoms with Crippen molar-refractivity contribution in [2.75, 3.05) is 10.6 Å². The number of nitrogens with one attached hydrogen (secondary N) is 2. The Kier molecular flexibility index (Phi) is 4.83. The maximum atomic E-state index is 13.8. The third-order valence-electron chi connectivity index (χ3n) is 3.37. The molecule has 0 aliphatic rings. The number of anilines is 4. The van der Waals surface area contributed by atoms with Crippen LogP contribution >= 0.6 is 0 Å². The molecule has 0 saturated carbocycles. The van der Waals surface area contributed by atoms with E-state index < -0.39 is 39.7 Å². The van der Waals surface area contributed by atoms with Gasteiger partial charge in [0.2, 0.25) is 11.6 Å². The standard InChI is InChI=1S/C16H9F4N5O2/c17-8-1-3-11(19)13(5-8)24-16-14(25(26)27)15(21-7-22-16)23-9-2-4-10(18)12(20)6-9/h1-7H,(H2,21,22,23,24). The van der Waals surface area contributed by atoms with E-state index in [0.717, 1.165) is 42.7 Å². The van der Waals surface area contributed by atoms with Gasteiger partial charge in [-0.1, -0.05) is 0 Å². The Morgan fingerprint density at radius 2 is 1.52 bits per heavy atom. The Morgan fingerprint density at radius 3 is 2.19 bits per heavy atom. The molecule has 3 aromatic rings. The molecule has 1 heterocycles. The van der Waals surface area contributed by atoms with E-state index in [1.807, 2.05) is 0 Å². The number of hydrogen-bond donors (Lipinski definition) is 2. The van der Waals surface area contributed by atoms with Crippen LogP contribution in [0.3, 0.4) is 0 Å². The van der Waals surface area contributed by atoms with E-state index in [1.165, 1.54) is 0 Å². The fourth-order valence-electron chi connectivity index (χ4n) is 2.17. The number of rotatable bonds is 5. The second-order valence-electron chi connectivity index (χ2n) is 5.18. The molecular weight excluding hydrogens is 370 g/mol. The van der Waals surface area contributed by atoms with Gasteiger partial charge in [0.15, 0.2) is 11.6 Å². The molecule has 0 aliphatic carbocycles. The molecule has 138 valence electrons. The lowest BCUT2D eigenvalue weighted by Gasteiger charge is -2.11. The van der Waals surface area contributed by atoms with Gasteiger partial charge in [0.1, 0.15) is 18.0 Å². The molecule has 0 saturated heterocycles. The van der Waals surface area contributed by atoms with Gasteiger partial charge in [-0.25, -0.2) is 27.5 Å². The molecule has 0 radical (unpaired) electrons. The summed E-state index contributed by atoms with van der Waals surface area (Å²) in [5.41, 5.74) is -1.10. The van der Waals surface area contributed by atoms with Gasteiger partial charge >= 0.3 is 5.69 Å². The van der Waals surface area contributed by atoms with Crippen molar-refractivity contribution in [3.8, 4) is 0 Å². The van der Waals surface area contributed by atoms with Gasteiger partial charge in [0.25, 0.3) is 0 Å². The lowest BCUT2D eigenvalue weighted by atomic mass is 10.2. The minimum absolute atomic E-state index is 0.0152. The summed E-state index contributed by atoms with van der Waals surface area (Å²) in [5.74, 6) is -4.68. The molecule has 3 rings (SSSR count). The van der Waals surface area contributed by atoms with Gasteiger partial charge in [-0.15, -0.1) is 0 Å². The van der Waals surface area contributed by atoms with E-state index in [2.05, 4.69) is 20.6 Å². The molecule has 0 atom stereocenters. The third-order valence-corrected chi connectivity index (χ3v) is 3.37. The number of halogens is 4. The van der Waals surface area contributed by atoms with Crippen molar-refractivity contribution in [3.63, 3.8) is 0 Å². The molecule has 0 fully saturated rings. The lowest BCUT2D eigenvalue weighted by molar-refractivity contribution is -0.383. The highest BCUT2D eigenvalue weighted by molar-refractivity contribution is 5.76. The van der Waals surface area contributed by atoms with Crippen LogP contribution < -0.4 is 10.6 Å². The fraction of sp³-hybridized carbons (Fsp3) is 0. The van der Waals surface area contributed by atoms with Gasteiger partial charge in [0, 0.05) is 17.8 Å². The molecule has 0 spiro atoms. The topological polar surface area (TPSA) is 93.0 Å². The molecule has 2 N–H and O–H groups in total. The van der Waals surface area contributed by atoms with Crippen molar-refractivity contribution in [2.45, 2.75) is 0 Å². The monoisotopic (exact) mass is 379 g/mol. The Bertz CT molecular complexity index is 1030. The number of aromatic nitrogens is 2. The zero-order chi connectivity index (χ0) is 19.6. The maximum absolute atomic E-state index is 13.8. The van der Waals surface area contributed by atoms with Crippen LogP contribution in [0.2, 0.25) is 0 Å². The molecule has 11 heteroatoms. The number of nitro groups is 1. The minimum atomic E-state index is -1.17. The number of benzene rings is 2. The summed E-state index contributed by atoms with van der Waals surface area (Å²) < 4.78 is 53.4. The normalized spacial score (nSPS) is 10.5. The minimum Gasteiger partial charge on any atom is -0.334 e. The van der Waals surface area contributed by atoms with E-state index in [9.17, 15) is 27.7 Å². The second-order valence-corrected chi connectivity index (χ2v) is 5.18. The summed E-state index contributed by atoms with van der Waals surface area (Å²) in [6.07, 6.45) is 0.925. The molecule has 0 aliphatic heterocycles. The molecular formula is C16H9F4N5O2. The first kappa shape index (κ1) is 18.0. The first-order chi connectivity index (χ1) is 12.8. The molecule has 27 heavy (non-hydrogen) atoms. The lowest BCUT2D eigenvalue weighted by Crippen LogP contribution is -2.06. The van der Waals surface area contributed by atoms with Crippen LogP contribution in [0.1, 0.15) is 0 Å². The summed E-state index contributed by atoms with van der Waals surface area (Å²) in [4.78, 5) is 18.0. The molecule has 0 bridgehead atoms. The highest BCUT2D eigenvalue weighted by atomic mass is 19.2. The van der Waals surface area contributed by atoms with Gasteiger partial charge in [-0.3, -0.25) is 10.1 Å². The van der Waals surface area contributed by atoms with Gasteiger partial charge < -0.3 is 10.6 Å². The van der Waals surface area contributed by atoms with Crippen LogP contribution in [0, 0.1) is 33.4 Å². The number of hydrogen-bond acceptors (Lipinski definition) is 6. The quantitative estimate of drug-likeness (QED) is 0.387. The van der Waals surface area contributed by atoms with Crippen LogP contribution in [0.5, 0.6) is 0 Å². The highest BCUT2D eigenvalue weighted by Gasteiger charge is 2.24. The van der Waals surface area contributed by atoms with Gasteiger partial charge in [0.05, 0.1) is 10.6 Å². The molecule has 7 nitrogen and oxygen atoms in total. The summed E-state index contributed by atoms with van der Waals surface area (Å²) in [5, 5.41) is 16.2. The molecule has 2 aromatic carbocycles. The van der Waals surface area contributed by atoms with E-state index in [0.29, 0.717) is 0 Å². The Morgan fingerprint density at radius 1 is 0.852 bits per heavy atom. The predicted octanol–water partition coefficient (Wildman–Crippen LogP) is 4.43. The first-order valence-electron chi connectivity index (χ1n) is 7.28. The summed E-state index contributed by atoms with van der Waals surface area (Å²) in [6.45, 7) is 0. The van der Waals surface area contributed by atoms with E-state index in [-0.39, 0.29) is 17.2 Å². The van der Waals surface area contributed by atoms with Crippen molar-refractivity contribution < 1.29 is 22.5 Å². The fourth-order valence-corrected chi connectivity index (χ4v) is 2.17. The summed E-state index contributed by atoms with van der Waals surface area (Å²) in [6, 6.07) is 5.26. The second kappa shape index (κ2) is 7.23. The predicted molar refractivity (Wildman–Crippen MR) is 88.0 cm³/mol. The van der Waals surface area contributed by atoms with Gasteiger partial charge in [-0.05, 0) is 24.3 Å². The molecule has 0 amide bonds. The van der Waals surface area contributed by atoms with Crippen LogP contribution in [0.15, 0.2) is 42.7 Å². The van der Waals surface area contributed by atoms with E-state index in [4.69, 9.17) is 0 Å². The SMILES string of the molecule is O=[N+]([O-])c1c(Nc2ccc(F)c(F)c2)ncnc1Nc1cc(F)ccc1F. The largest absolute Gasteiger partial charge is 0.353 e. The Labute approximate surface area is 148 Å². The smallest absolute Gasteiger partial charge is 0.334 e. The van der Waals surface area contributed by atoms with Crippen molar-refractivity contribution in [3.05, 3.63) is 76.1 Å². The third kappa shape index (κ3) is 3.92. The van der Waals surface area contributed by atoms with Crippen molar-refractivity contribution >= 4 is 28.7 Å². The van der Waals surface area contributed by atoms with E-state index >= 15 is 0 Å². The zero-order valence-corrected chi connectivity index (χ0v) is 13.2. The first-order valence-corrected chi connectivity index (χ1v) is 7.28. The average molecular weight is 379 g/mol. The molecule has 0 unspecified atom stereocenters. The van der Waals surface area contributed by atoms with Crippen LogP contribution in [0.25, 0.3) is 0 Å². The Hall–Kier alpha value is -3.76. The average Bonchev–Trinajstić information content (AvgIpc) is 2.61. The van der Waals surface area contributed by atoms with Crippen LogP contribution in [-0.4, -0.2) is 14.9 Å². The molecule has 1 aromatic heterocycles. The van der Waals surface area contributed by atoms with Crippen molar-refractivity contribution in [1.29, 1.82) is 0 Å². The highest BCUT2D eigenvalue weighted by Crippen LogP contribution is 2.33. The zero-order valence-electron chi connectivity index (χ0n) is 13.2. The van der Waals surface area contributed by atoms with Crippen molar-refractivity contribution in [1.82, 2.24) is 9.97 Å².